The van der Waals surface area contributed by atoms with Crippen molar-refractivity contribution in [3.8, 4) is 0 Å². The van der Waals surface area contributed by atoms with Crippen LogP contribution in [-0.2, 0) is 30.3 Å². The highest BCUT2D eigenvalue weighted by Crippen LogP contribution is 2.24. The summed E-state index contributed by atoms with van der Waals surface area (Å²) in [5.41, 5.74) is 0.763. The smallest absolute Gasteiger partial charge is 0.377 e. The molecule has 2 aliphatic rings. The number of piperidine rings is 1. The molecule has 2 saturated heterocycles. The monoisotopic (exact) mass is 589 g/mol. The van der Waals surface area contributed by atoms with E-state index in [4.69, 9.17) is 4.74 Å². The van der Waals surface area contributed by atoms with Crippen molar-refractivity contribution in [3.05, 3.63) is 35.9 Å². The van der Waals surface area contributed by atoms with E-state index in [1.54, 1.807) is 30.9 Å². The van der Waals surface area contributed by atoms with E-state index in [9.17, 15) is 24.0 Å². The molecule has 0 saturated carbocycles. The Hall–Kier alpha value is -3.12. The van der Waals surface area contributed by atoms with Crippen LogP contribution in [0.5, 0.6) is 0 Å². The van der Waals surface area contributed by atoms with Crippen LogP contribution in [0.25, 0.3) is 0 Å². The summed E-state index contributed by atoms with van der Waals surface area (Å²) >= 11 is 1.42. The maximum Gasteiger partial charge on any atom is 0.377 e. The van der Waals surface area contributed by atoms with Crippen molar-refractivity contribution in [1.29, 1.82) is 0 Å². The minimum Gasteiger partial charge on any atom is -0.457 e. The molecule has 12 heteroatoms. The van der Waals surface area contributed by atoms with Gasteiger partial charge in [-0.25, -0.2) is 9.59 Å². The number of benzene rings is 1. The number of hydrogen-bond donors (Lipinski definition) is 3. The summed E-state index contributed by atoms with van der Waals surface area (Å²) in [6.07, 6.45) is 1.28. The zero-order valence-corrected chi connectivity index (χ0v) is 25.4. The Bertz CT molecular complexity index is 1080. The first-order valence-electron chi connectivity index (χ1n) is 14.2. The standard InChI is InChI=1S/C29H43N5O6S/c1-18(2)24(32-29(39)33-13-11-21(30-5)12-14-33)27(37)34-17-41-16-23(34)26(36)31-22(15-20-9-7-6-8-10-20)25(35)28(38)40-19(3)4/h6-10,18-19,21-24,30H,11-17H2,1-5H3,(H,31,36)(H,32,39)/t22-,23-,24-/m0/s1. The molecule has 0 spiro atoms. The lowest BCUT2D eigenvalue weighted by Crippen LogP contribution is -2.59. The fraction of sp³-hybridized carbons (Fsp3) is 0.621. The summed E-state index contributed by atoms with van der Waals surface area (Å²) < 4.78 is 5.10. The van der Waals surface area contributed by atoms with Crippen molar-refractivity contribution in [1.82, 2.24) is 25.8 Å². The van der Waals surface area contributed by atoms with Gasteiger partial charge in [0.2, 0.25) is 11.8 Å². The number of nitrogens with one attached hydrogen (secondary N) is 3. The van der Waals surface area contributed by atoms with Crippen molar-refractivity contribution < 1.29 is 28.7 Å². The first-order chi connectivity index (χ1) is 19.5. The van der Waals surface area contributed by atoms with Crippen molar-refractivity contribution in [2.24, 2.45) is 5.92 Å². The van der Waals surface area contributed by atoms with Gasteiger partial charge in [0.15, 0.2) is 0 Å². The summed E-state index contributed by atoms with van der Waals surface area (Å²) in [4.78, 5) is 68.9. The Morgan fingerprint density at radius 2 is 1.66 bits per heavy atom. The molecule has 11 nitrogen and oxygen atoms in total. The Kier molecular flexibility index (Phi) is 12.0. The number of nitrogens with zero attached hydrogens (tertiary/aromatic N) is 2. The minimum atomic E-state index is -1.15. The number of Topliss-reactive ketones (excluding diaryl/α,β-unsaturated/α-hetero) is 1. The number of urea groups is 1. The topological polar surface area (TPSA) is 137 Å². The van der Waals surface area contributed by atoms with Crippen LogP contribution < -0.4 is 16.0 Å². The second kappa shape index (κ2) is 15.2. The number of rotatable bonds is 11. The molecule has 0 unspecified atom stereocenters. The number of thioether (sulfide) groups is 1. The van der Waals surface area contributed by atoms with Crippen LogP contribution in [0.2, 0.25) is 0 Å². The lowest BCUT2D eigenvalue weighted by Gasteiger charge is -2.35. The van der Waals surface area contributed by atoms with Crippen LogP contribution in [0.3, 0.4) is 0 Å². The predicted molar refractivity (Wildman–Crippen MR) is 157 cm³/mol. The van der Waals surface area contributed by atoms with E-state index in [-0.39, 0.29) is 30.2 Å². The highest BCUT2D eigenvalue weighted by molar-refractivity contribution is 7.99. The Morgan fingerprint density at radius 3 is 2.24 bits per heavy atom. The van der Waals surface area contributed by atoms with Gasteiger partial charge in [-0.3, -0.25) is 14.4 Å². The molecule has 0 radical (unpaired) electrons. The molecule has 2 heterocycles. The van der Waals surface area contributed by atoms with Crippen molar-refractivity contribution in [3.63, 3.8) is 0 Å². The molecule has 3 N–H and O–H groups in total. The summed E-state index contributed by atoms with van der Waals surface area (Å²) in [6, 6.07) is 6.30. The summed E-state index contributed by atoms with van der Waals surface area (Å²) in [6.45, 7) is 8.17. The third-order valence-corrected chi connectivity index (χ3v) is 8.34. The molecular formula is C29H43N5O6S. The number of ether oxygens (including phenoxy) is 1. The molecule has 1 aromatic rings. The predicted octanol–water partition coefficient (Wildman–Crippen LogP) is 1.55. The fourth-order valence-corrected chi connectivity index (χ4v) is 6.07. The van der Waals surface area contributed by atoms with E-state index >= 15 is 0 Å². The largest absolute Gasteiger partial charge is 0.457 e. The molecule has 226 valence electrons. The number of likely N-dealkylation sites (tertiary alicyclic amines) is 1. The molecular weight excluding hydrogens is 546 g/mol. The minimum absolute atomic E-state index is 0.0985. The van der Waals surface area contributed by atoms with Gasteiger partial charge in [-0.2, -0.15) is 0 Å². The molecule has 1 aromatic carbocycles. The molecule has 0 bridgehead atoms. The molecule has 0 aliphatic carbocycles. The van der Waals surface area contributed by atoms with Gasteiger partial charge in [-0.05, 0) is 45.2 Å². The summed E-state index contributed by atoms with van der Waals surface area (Å²) in [5, 5.41) is 8.85. The van der Waals surface area contributed by atoms with Crippen molar-refractivity contribution in [2.45, 2.75) is 77.2 Å². The number of carbonyl (C=O) groups is 5. The molecule has 2 fully saturated rings. The Morgan fingerprint density at radius 1 is 1.00 bits per heavy atom. The molecule has 4 amide bonds. The van der Waals surface area contributed by atoms with E-state index < -0.39 is 41.9 Å². The number of esters is 1. The second-order valence-corrected chi connectivity index (χ2v) is 12.1. The van der Waals surface area contributed by atoms with E-state index in [0.29, 0.717) is 24.9 Å². The molecule has 3 rings (SSSR count). The van der Waals surface area contributed by atoms with Gasteiger partial charge in [0.05, 0.1) is 12.0 Å². The van der Waals surface area contributed by atoms with Gasteiger partial charge < -0.3 is 30.5 Å². The van der Waals surface area contributed by atoms with Crippen LogP contribution in [0.15, 0.2) is 30.3 Å². The van der Waals surface area contributed by atoms with Crippen molar-refractivity contribution >= 4 is 41.4 Å². The Balaban J connectivity index is 1.71. The first kappa shape index (κ1) is 32.4. The lowest BCUT2D eigenvalue weighted by molar-refractivity contribution is -0.158. The van der Waals surface area contributed by atoms with E-state index in [1.807, 2.05) is 39.1 Å². The SMILES string of the molecule is CNC1CCN(C(=O)N[C@H](C(=O)N2CSC[C@H]2C(=O)N[C@@H](Cc2ccccc2)C(=O)C(=O)OC(C)C)C(C)C)CC1. The maximum atomic E-state index is 13.7. The van der Waals surface area contributed by atoms with Gasteiger partial charge in [0.25, 0.3) is 5.78 Å². The normalized spacial score (nSPS) is 19.1. The number of carbonyl (C=O) groups excluding carboxylic acids is 5. The zero-order valence-electron chi connectivity index (χ0n) is 24.6. The van der Waals surface area contributed by atoms with Gasteiger partial charge in [0.1, 0.15) is 18.1 Å². The summed E-state index contributed by atoms with van der Waals surface area (Å²) in [7, 11) is 1.91. The van der Waals surface area contributed by atoms with Gasteiger partial charge >= 0.3 is 12.0 Å². The quantitative estimate of drug-likeness (QED) is 0.261. The van der Waals surface area contributed by atoms with E-state index in [1.165, 1.54) is 16.7 Å². The van der Waals surface area contributed by atoms with Crippen LogP contribution in [0, 0.1) is 5.92 Å². The van der Waals surface area contributed by atoms with Crippen LogP contribution in [0.4, 0.5) is 4.79 Å². The number of ketones is 1. The molecule has 41 heavy (non-hydrogen) atoms. The second-order valence-electron chi connectivity index (χ2n) is 11.1. The maximum absolute atomic E-state index is 13.7. The third-order valence-electron chi connectivity index (χ3n) is 7.33. The average molecular weight is 590 g/mol. The average Bonchev–Trinajstić information content (AvgIpc) is 3.45. The highest BCUT2D eigenvalue weighted by Gasteiger charge is 2.41. The fourth-order valence-electron chi connectivity index (χ4n) is 4.91. The third kappa shape index (κ3) is 8.93. The first-order valence-corrected chi connectivity index (χ1v) is 15.4. The molecule has 2 aliphatic heterocycles. The highest BCUT2D eigenvalue weighted by atomic mass is 32.2. The Labute approximate surface area is 246 Å². The zero-order chi connectivity index (χ0) is 30.1. The van der Waals surface area contributed by atoms with Gasteiger partial charge in [-0.1, -0.05) is 44.2 Å². The van der Waals surface area contributed by atoms with Crippen LogP contribution in [-0.4, -0.2) is 101 Å². The number of hydrogen-bond acceptors (Lipinski definition) is 8. The van der Waals surface area contributed by atoms with E-state index in [0.717, 1.165) is 18.4 Å². The lowest BCUT2D eigenvalue weighted by atomic mass is 10.0. The van der Waals surface area contributed by atoms with Crippen LogP contribution in [0.1, 0.15) is 46.1 Å². The molecule has 3 atom stereocenters. The number of amides is 4. The van der Waals surface area contributed by atoms with Gasteiger partial charge in [0, 0.05) is 31.3 Å². The summed E-state index contributed by atoms with van der Waals surface area (Å²) in [5.74, 6) is -2.36. The molecule has 0 aromatic heterocycles. The van der Waals surface area contributed by atoms with Crippen LogP contribution >= 0.6 is 11.8 Å². The van der Waals surface area contributed by atoms with E-state index in [2.05, 4.69) is 16.0 Å². The van der Waals surface area contributed by atoms with Crippen molar-refractivity contribution in [2.75, 3.05) is 31.8 Å². The van der Waals surface area contributed by atoms with Gasteiger partial charge in [-0.15, -0.1) is 11.8 Å².